The molecule has 2 saturated heterocycles. The molecular formula is C27H33FN4O4S. The Morgan fingerprint density at radius 1 is 1.14 bits per heavy atom. The average molecular weight is 529 g/mol. The van der Waals surface area contributed by atoms with Crippen molar-refractivity contribution in [1.29, 1.82) is 0 Å². The lowest BCUT2D eigenvalue weighted by molar-refractivity contribution is 0.0342. The molecule has 3 heterocycles. The van der Waals surface area contributed by atoms with Gasteiger partial charge in [0.05, 0.1) is 30.0 Å². The number of aromatic amines is 1. The number of fused-ring (bicyclic) bond motifs is 1. The van der Waals surface area contributed by atoms with Crippen molar-refractivity contribution in [2.24, 2.45) is 5.73 Å². The summed E-state index contributed by atoms with van der Waals surface area (Å²) in [5, 5.41) is 0.820. The lowest BCUT2D eigenvalue weighted by Crippen LogP contribution is -2.38. The third kappa shape index (κ3) is 5.29. The van der Waals surface area contributed by atoms with Gasteiger partial charge in [-0.25, -0.2) is 17.1 Å². The zero-order valence-corrected chi connectivity index (χ0v) is 21.8. The van der Waals surface area contributed by atoms with E-state index in [9.17, 15) is 13.2 Å². The van der Waals surface area contributed by atoms with Gasteiger partial charge in [0, 0.05) is 49.9 Å². The zero-order valence-electron chi connectivity index (χ0n) is 21.0. The number of morpholine rings is 1. The van der Waals surface area contributed by atoms with Crippen LogP contribution in [0.2, 0.25) is 0 Å². The van der Waals surface area contributed by atoms with E-state index in [1.165, 1.54) is 6.07 Å². The first-order valence-corrected chi connectivity index (χ1v) is 14.4. The summed E-state index contributed by atoms with van der Waals surface area (Å²) in [5.74, 6) is -0.748. The van der Waals surface area contributed by atoms with E-state index in [0.717, 1.165) is 29.6 Å². The van der Waals surface area contributed by atoms with Crippen molar-refractivity contribution < 1.29 is 22.3 Å². The van der Waals surface area contributed by atoms with Crippen molar-refractivity contribution in [3.8, 4) is 11.1 Å². The first-order chi connectivity index (χ1) is 17.8. The van der Waals surface area contributed by atoms with Crippen LogP contribution >= 0.6 is 0 Å². The summed E-state index contributed by atoms with van der Waals surface area (Å²) in [6, 6.07) is 8.68. The van der Waals surface area contributed by atoms with Gasteiger partial charge in [-0.2, -0.15) is 0 Å². The number of benzene rings is 2. The van der Waals surface area contributed by atoms with Crippen LogP contribution in [0.25, 0.3) is 22.0 Å². The van der Waals surface area contributed by atoms with E-state index in [4.69, 9.17) is 10.5 Å². The number of hydrogen-bond donors (Lipinski definition) is 2. The van der Waals surface area contributed by atoms with Crippen LogP contribution in [0, 0.1) is 5.82 Å². The van der Waals surface area contributed by atoms with Gasteiger partial charge in [0.2, 0.25) is 10.0 Å². The van der Waals surface area contributed by atoms with Gasteiger partial charge in [-0.05, 0) is 66.6 Å². The molecule has 10 heteroatoms. The van der Waals surface area contributed by atoms with Crippen molar-refractivity contribution in [2.45, 2.75) is 32.2 Å². The molecule has 2 aromatic carbocycles. The number of H-pyrrole nitrogens is 1. The van der Waals surface area contributed by atoms with Gasteiger partial charge in [0.15, 0.2) is 0 Å². The van der Waals surface area contributed by atoms with Crippen molar-refractivity contribution in [1.82, 2.24) is 14.2 Å². The van der Waals surface area contributed by atoms with Gasteiger partial charge in [0.1, 0.15) is 5.82 Å². The van der Waals surface area contributed by atoms with Gasteiger partial charge < -0.3 is 15.5 Å². The fourth-order valence-corrected chi connectivity index (χ4v) is 6.61. The maximum Gasteiger partial charge on any atom is 0.250 e. The summed E-state index contributed by atoms with van der Waals surface area (Å²) >= 11 is 0. The van der Waals surface area contributed by atoms with Crippen LogP contribution in [0.5, 0.6) is 0 Å². The number of hydrogen-bond acceptors (Lipinski definition) is 5. The highest BCUT2D eigenvalue weighted by molar-refractivity contribution is 7.89. The number of sulfonamides is 1. The van der Waals surface area contributed by atoms with Gasteiger partial charge in [-0.3, -0.25) is 9.69 Å². The Kier molecular flexibility index (Phi) is 7.35. The van der Waals surface area contributed by atoms with Crippen LogP contribution < -0.4 is 5.73 Å². The first-order valence-electron chi connectivity index (χ1n) is 12.8. The van der Waals surface area contributed by atoms with E-state index in [1.807, 2.05) is 18.3 Å². The number of carbonyl (C=O) groups excluding carboxylic acids is 1. The molecule has 3 aromatic rings. The molecule has 2 aliphatic rings. The van der Waals surface area contributed by atoms with Crippen LogP contribution in [0.15, 0.2) is 36.5 Å². The van der Waals surface area contributed by atoms with Crippen molar-refractivity contribution in [3.05, 3.63) is 59.0 Å². The van der Waals surface area contributed by atoms with E-state index in [2.05, 4.69) is 9.88 Å². The van der Waals surface area contributed by atoms with Crippen molar-refractivity contribution >= 4 is 26.8 Å². The van der Waals surface area contributed by atoms with Gasteiger partial charge in [-0.15, -0.1) is 0 Å². The number of rotatable bonds is 7. The largest absolute Gasteiger partial charge is 0.379 e. The fourth-order valence-electron chi connectivity index (χ4n) is 5.48. The molecule has 0 spiro atoms. The predicted molar refractivity (Wildman–Crippen MR) is 141 cm³/mol. The molecule has 37 heavy (non-hydrogen) atoms. The third-order valence-corrected chi connectivity index (χ3v) is 9.47. The lowest BCUT2D eigenvalue weighted by Gasteiger charge is -2.31. The second kappa shape index (κ2) is 10.5. The molecule has 5 rings (SSSR count). The molecule has 8 nitrogen and oxygen atoms in total. The second-order valence-electron chi connectivity index (χ2n) is 9.83. The lowest BCUT2D eigenvalue weighted by atomic mass is 9.88. The summed E-state index contributed by atoms with van der Waals surface area (Å²) in [6.45, 7) is 6.28. The van der Waals surface area contributed by atoms with E-state index < -0.39 is 15.9 Å². The predicted octanol–water partition coefficient (Wildman–Crippen LogP) is 3.43. The first kappa shape index (κ1) is 25.8. The monoisotopic (exact) mass is 528 g/mol. The van der Waals surface area contributed by atoms with Crippen molar-refractivity contribution in [2.75, 3.05) is 45.1 Å². The summed E-state index contributed by atoms with van der Waals surface area (Å²) in [4.78, 5) is 17.9. The number of amides is 1. The Morgan fingerprint density at radius 2 is 1.86 bits per heavy atom. The summed E-state index contributed by atoms with van der Waals surface area (Å²) < 4.78 is 46.7. The van der Waals surface area contributed by atoms with Gasteiger partial charge in [-0.1, -0.05) is 6.07 Å². The topological polar surface area (TPSA) is 109 Å². The molecule has 0 radical (unpaired) electrons. The number of piperidine rings is 1. The number of primary amides is 1. The molecule has 2 aliphatic heterocycles. The van der Waals surface area contributed by atoms with Crippen LogP contribution in [0.3, 0.4) is 0 Å². The highest BCUT2D eigenvalue weighted by Gasteiger charge is 2.29. The maximum atomic E-state index is 15.1. The Balaban J connectivity index is 1.50. The minimum absolute atomic E-state index is 0.0895. The van der Waals surface area contributed by atoms with E-state index in [1.54, 1.807) is 23.4 Å². The number of halogens is 1. The van der Waals surface area contributed by atoms with Gasteiger partial charge >= 0.3 is 0 Å². The van der Waals surface area contributed by atoms with Crippen LogP contribution in [0.4, 0.5) is 4.39 Å². The van der Waals surface area contributed by atoms with E-state index >= 15 is 4.39 Å². The standard InChI is InChI=1S/C27H33FN4O4S/c1-2-37(34,35)32-7-5-19(6-8-32)24-16-30-26-22(24)14-20(15-23(26)27(29)33)21-13-18(3-4-25(21)28)17-31-9-11-36-12-10-31/h3-4,13-16,19,30H,2,5-12,17H2,1H3,(H2,29,33). The fraction of sp³-hybridized carbons (Fsp3) is 0.444. The molecule has 0 bridgehead atoms. The van der Waals surface area contributed by atoms with E-state index in [0.29, 0.717) is 67.9 Å². The highest BCUT2D eigenvalue weighted by Crippen LogP contribution is 2.38. The molecule has 1 aromatic heterocycles. The number of nitrogens with two attached hydrogens (primary N) is 1. The zero-order chi connectivity index (χ0) is 26.2. The Hall–Kier alpha value is -2.79. The molecule has 1 amide bonds. The summed E-state index contributed by atoms with van der Waals surface area (Å²) in [7, 11) is -3.22. The molecule has 198 valence electrons. The maximum absolute atomic E-state index is 15.1. The normalized spacial score (nSPS) is 18.4. The van der Waals surface area contributed by atoms with Crippen LogP contribution in [-0.4, -0.2) is 73.7 Å². The smallest absolute Gasteiger partial charge is 0.250 e. The third-order valence-electron chi connectivity index (χ3n) is 7.59. The number of aromatic nitrogens is 1. The highest BCUT2D eigenvalue weighted by atomic mass is 32.2. The Morgan fingerprint density at radius 3 is 2.54 bits per heavy atom. The number of carbonyl (C=O) groups is 1. The van der Waals surface area contributed by atoms with Gasteiger partial charge in [0.25, 0.3) is 5.91 Å². The number of nitrogens with one attached hydrogen (secondary N) is 1. The quantitative estimate of drug-likeness (QED) is 0.488. The molecule has 0 saturated carbocycles. The second-order valence-corrected chi connectivity index (χ2v) is 12.1. The number of ether oxygens (including phenoxy) is 1. The Labute approximate surface area is 216 Å². The van der Waals surface area contributed by atoms with E-state index in [-0.39, 0.29) is 17.5 Å². The molecular weight excluding hydrogens is 495 g/mol. The van der Waals surface area contributed by atoms with Crippen molar-refractivity contribution in [3.63, 3.8) is 0 Å². The Bertz CT molecular complexity index is 1410. The van der Waals surface area contributed by atoms with Crippen LogP contribution in [-0.2, 0) is 21.3 Å². The number of nitrogens with zero attached hydrogens (tertiary/aromatic N) is 2. The minimum Gasteiger partial charge on any atom is -0.379 e. The molecule has 0 aliphatic carbocycles. The molecule has 0 unspecified atom stereocenters. The SMILES string of the molecule is CCS(=O)(=O)N1CCC(c2c[nH]c3c(C(N)=O)cc(-c4cc(CN5CCOCC5)ccc4F)cc23)CC1. The van der Waals surface area contributed by atoms with Crippen LogP contribution in [0.1, 0.15) is 47.2 Å². The minimum atomic E-state index is -3.22. The summed E-state index contributed by atoms with van der Waals surface area (Å²) in [6.07, 6.45) is 3.22. The average Bonchev–Trinajstić information content (AvgIpc) is 3.34. The summed E-state index contributed by atoms with van der Waals surface area (Å²) in [5.41, 5.74) is 9.67. The molecule has 0 atom stereocenters. The molecule has 2 fully saturated rings. The molecule has 3 N–H and O–H groups in total.